The van der Waals surface area contributed by atoms with E-state index in [2.05, 4.69) is 10.3 Å². The lowest BCUT2D eigenvalue weighted by molar-refractivity contribution is 0.215. The zero-order chi connectivity index (χ0) is 9.97. The van der Waals surface area contributed by atoms with E-state index in [4.69, 9.17) is 11.6 Å². The Labute approximate surface area is 86.9 Å². The number of nitrogens with zero attached hydrogens (tertiary/aromatic N) is 2. The molecule has 5 heteroatoms. The summed E-state index contributed by atoms with van der Waals surface area (Å²) in [5.41, 5.74) is 0.992. The summed E-state index contributed by atoms with van der Waals surface area (Å²) in [6, 6.07) is 3.59. The predicted octanol–water partition coefficient (Wildman–Crippen LogP) is 1.26. The molecule has 1 aliphatic heterocycles. The third-order valence-corrected chi connectivity index (χ3v) is 2.33. The summed E-state index contributed by atoms with van der Waals surface area (Å²) < 4.78 is 0. The van der Waals surface area contributed by atoms with Crippen LogP contribution in [0.25, 0.3) is 0 Å². The average molecular weight is 212 g/mol. The standard InChI is InChI=1S/C9H10ClN3O/c10-8-2-1-7(5-12-8)6-13-4-3-11-9(13)14/h1-2,5H,3-4,6H2,(H,11,14). The molecular formula is C9H10ClN3O. The van der Waals surface area contributed by atoms with Crippen LogP contribution < -0.4 is 5.32 Å². The molecule has 1 fully saturated rings. The Morgan fingerprint density at radius 3 is 3.00 bits per heavy atom. The zero-order valence-corrected chi connectivity index (χ0v) is 8.29. The molecule has 0 aliphatic carbocycles. The van der Waals surface area contributed by atoms with E-state index in [0.29, 0.717) is 11.7 Å². The first-order valence-corrected chi connectivity index (χ1v) is 4.77. The van der Waals surface area contributed by atoms with Crippen molar-refractivity contribution in [1.29, 1.82) is 0 Å². The SMILES string of the molecule is O=C1NCCN1Cc1ccc(Cl)nc1. The number of hydrogen-bond donors (Lipinski definition) is 1. The number of aromatic nitrogens is 1. The molecule has 0 saturated carbocycles. The van der Waals surface area contributed by atoms with Crippen molar-refractivity contribution in [2.75, 3.05) is 13.1 Å². The van der Waals surface area contributed by atoms with E-state index >= 15 is 0 Å². The van der Waals surface area contributed by atoms with E-state index in [1.807, 2.05) is 6.07 Å². The minimum Gasteiger partial charge on any atom is -0.336 e. The van der Waals surface area contributed by atoms with Gasteiger partial charge in [0, 0.05) is 25.8 Å². The van der Waals surface area contributed by atoms with E-state index in [9.17, 15) is 4.79 Å². The number of urea groups is 1. The van der Waals surface area contributed by atoms with Gasteiger partial charge in [0.1, 0.15) is 5.15 Å². The lowest BCUT2D eigenvalue weighted by Gasteiger charge is -2.13. The van der Waals surface area contributed by atoms with E-state index < -0.39 is 0 Å². The Balaban J connectivity index is 2.03. The number of nitrogens with one attached hydrogen (secondary N) is 1. The summed E-state index contributed by atoms with van der Waals surface area (Å²) in [5, 5.41) is 3.21. The van der Waals surface area contributed by atoms with Crippen LogP contribution in [0, 0.1) is 0 Å². The third kappa shape index (κ3) is 1.96. The van der Waals surface area contributed by atoms with Crippen LogP contribution >= 0.6 is 11.6 Å². The van der Waals surface area contributed by atoms with Crippen molar-refractivity contribution >= 4 is 17.6 Å². The highest BCUT2D eigenvalue weighted by molar-refractivity contribution is 6.29. The number of halogens is 1. The first-order valence-electron chi connectivity index (χ1n) is 4.39. The molecule has 0 spiro atoms. The minimum atomic E-state index is -0.0139. The molecule has 1 aromatic rings. The molecule has 0 unspecified atom stereocenters. The van der Waals surface area contributed by atoms with Crippen molar-refractivity contribution in [3.8, 4) is 0 Å². The van der Waals surface area contributed by atoms with Gasteiger partial charge in [-0.25, -0.2) is 9.78 Å². The van der Waals surface area contributed by atoms with Gasteiger partial charge >= 0.3 is 6.03 Å². The maximum atomic E-state index is 11.2. The van der Waals surface area contributed by atoms with E-state index in [0.717, 1.165) is 18.7 Å². The number of carbonyl (C=O) groups excluding carboxylic acids is 1. The monoisotopic (exact) mass is 211 g/mol. The molecule has 1 saturated heterocycles. The maximum Gasteiger partial charge on any atom is 0.317 e. The zero-order valence-electron chi connectivity index (χ0n) is 7.53. The molecule has 4 nitrogen and oxygen atoms in total. The van der Waals surface area contributed by atoms with Crippen LogP contribution in [0.1, 0.15) is 5.56 Å². The van der Waals surface area contributed by atoms with Crippen molar-refractivity contribution in [3.05, 3.63) is 29.0 Å². The topological polar surface area (TPSA) is 45.2 Å². The molecule has 1 aromatic heterocycles. The first-order chi connectivity index (χ1) is 6.75. The molecule has 0 aromatic carbocycles. The van der Waals surface area contributed by atoms with Gasteiger partial charge in [-0.15, -0.1) is 0 Å². The summed E-state index contributed by atoms with van der Waals surface area (Å²) >= 11 is 5.65. The van der Waals surface area contributed by atoms with Crippen LogP contribution in [0.15, 0.2) is 18.3 Å². The van der Waals surface area contributed by atoms with Gasteiger partial charge in [-0.05, 0) is 11.6 Å². The first kappa shape index (κ1) is 9.27. The average Bonchev–Trinajstić information content (AvgIpc) is 2.56. The van der Waals surface area contributed by atoms with Crippen molar-refractivity contribution in [2.45, 2.75) is 6.54 Å². The van der Waals surface area contributed by atoms with Crippen LogP contribution in [-0.2, 0) is 6.54 Å². The van der Waals surface area contributed by atoms with Gasteiger partial charge in [-0.1, -0.05) is 17.7 Å². The summed E-state index contributed by atoms with van der Waals surface area (Å²) in [7, 11) is 0. The van der Waals surface area contributed by atoms with Crippen molar-refractivity contribution in [2.24, 2.45) is 0 Å². The molecule has 0 bridgehead atoms. The van der Waals surface area contributed by atoms with Gasteiger partial charge in [0.25, 0.3) is 0 Å². The summed E-state index contributed by atoms with van der Waals surface area (Å²) in [6.07, 6.45) is 1.69. The molecule has 74 valence electrons. The molecule has 2 heterocycles. The smallest absolute Gasteiger partial charge is 0.317 e. The normalized spacial score (nSPS) is 15.8. The highest BCUT2D eigenvalue weighted by Gasteiger charge is 2.19. The Morgan fingerprint density at radius 1 is 1.57 bits per heavy atom. The number of carbonyl (C=O) groups is 1. The Hall–Kier alpha value is -1.29. The fraction of sp³-hybridized carbons (Fsp3) is 0.333. The van der Waals surface area contributed by atoms with Gasteiger partial charge in [-0.3, -0.25) is 0 Å². The van der Waals surface area contributed by atoms with Crippen molar-refractivity contribution < 1.29 is 4.79 Å². The predicted molar refractivity (Wildman–Crippen MR) is 53.1 cm³/mol. The lowest BCUT2D eigenvalue weighted by Crippen LogP contribution is -2.27. The number of amides is 2. The Morgan fingerprint density at radius 2 is 2.43 bits per heavy atom. The van der Waals surface area contributed by atoms with Gasteiger partial charge in [0.05, 0.1) is 0 Å². The van der Waals surface area contributed by atoms with Gasteiger partial charge < -0.3 is 10.2 Å². The molecule has 2 amide bonds. The van der Waals surface area contributed by atoms with Crippen LogP contribution in [-0.4, -0.2) is 29.0 Å². The fourth-order valence-electron chi connectivity index (χ4n) is 1.38. The van der Waals surface area contributed by atoms with Crippen LogP contribution in [0.3, 0.4) is 0 Å². The van der Waals surface area contributed by atoms with Gasteiger partial charge in [-0.2, -0.15) is 0 Å². The summed E-state index contributed by atoms with van der Waals surface area (Å²) in [6.45, 7) is 2.07. The second kappa shape index (κ2) is 3.84. The largest absolute Gasteiger partial charge is 0.336 e. The van der Waals surface area contributed by atoms with E-state index in [1.54, 1.807) is 17.2 Å². The molecular weight excluding hydrogens is 202 g/mol. The number of pyridine rings is 1. The molecule has 14 heavy (non-hydrogen) atoms. The molecule has 1 N–H and O–H groups in total. The van der Waals surface area contributed by atoms with E-state index in [-0.39, 0.29) is 6.03 Å². The second-order valence-corrected chi connectivity index (χ2v) is 3.53. The van der Waals surface area contributed by atoms with Gasteiger partial charge in [0.15, 0.2) is 0 Å². The lowest BCUT2D eigenvalue weighted by atomic mass is 10.3. The molecule has 2 rings (SSSR count). The van der Waals surface area contributed by atoms with E-state index in [1.165, 1.54) is 0 Å². The maximum absolute atomic E-state index is 11.2. The molecule has 1 aliphatic rings. The van der Waals surface area contributed by atoms with Crippen LogP contribution in [0.5, 0.6) is 0 Å². The molecule has 0 radical (unpaired) electrons. The Kier molecular flexibility index (Phi) is 2.54. The third-order valence-electron chi connectivity index (χ3n) is 2.11. The highest BCUT2D eigenvalue weighted by atomic mass is 35.5. The van der Waals surface area contributed by atoms with Crippen molar-refractivity contribution in [3.63, 3.8) is 0 Å². The fourth-order valence-corrected chi connectivity index (χ4v) is 1.49. The molecule has 0 atom stereocenters. The van der Waals surface area contributed by atoms with Crippen LogP contribution in [0.4, 0.5) is 4.79 Å². The van der Waals surface area contributed by atoms with Crippen LogP contribution in [0.2, 0.25) is 5.15 Å². The quantitative estimate of drug-likeness (QED) is 0.749. The minimum absolute atomic E-state index is 0.0139. The summed E-state index contributed by atoms with van der Waals surface area (Å²) in [5.74, 6) is 0. The van der Waals surface area contributed by atoms with Gasteiger partial charge in [0.2, 0.25) is 0 Å². The summed E-state index contributed by atoms with van der Waals surface area (Å²) in [4.78, 5) is 16.9. The second-order valence-electron chi connectivity index (χ2n) is 3.14. The number of rotatable bonds is 2. The van der Waals surface area contributed by atoms with Crippen molar-refractivity contribution in [1.82, 2.24) is 15.2 Å². The highest BCUT2D eigenvalue weighted by Crippen LogP contribution is 2.09. The Bertz CT molecular complexity index is 338. The number of hydrogen-bond acceptors (Lipinski definition) is 2.